The fourth-order valence-corrected chi connectivity index (χ4v) is 3.97. The minimum Gasteiger partial charge on any atom is -0.481 e. The van der Waals surface area contributed by atoms with Crippen LogP contribution in [0.15, 0.2) is 66.7 Å². The Morgan fingerprint density at radius 3 is 2.50 bits per heavy atom. The molecule has 2 unspecified atom stereocenters. The van der Waals surface area contributed by atoms with Crippen LogP contribution >= 0.6 is 12.4 Å². The molecule has 0 amide bonds. The van der Waals surface area contributed by atoms with Crippen LogP contribution < -0.4 is 10.5 Å². The molecular weight excluding hydrogens is 443 g/mol. The molecule has 3 aromatic rings. The number of carboxylic acids is 1. The van der Waals surface area contributed by atoms with Gasteiger partial charge in [-0.3, -0.25) is 4.79 Å². The molecular formula is C24H21ClF3NO3. The lowest BCUT2D eigenvalue weighted by Crippen LogP contribution is -2.37. The van der Waals surface area contributed by atoms with Gasteiger partial charge in [-0.2, -0.15) is 13.2 Å². The molecule has 3 N–H and O–H groups in total. The van der Waals surface area contributed by atoms with E-state index >= 15 is 0 Å². The van der Waals surface area contributed by atoms with Crippen LogP contribution in [-0.4, -0.2) is 17.1 Å². The molecule has 0 aliphatic heterocycles. The Bertz CT molecular complexity index is 1130. The van der Waals surface area contributed by atoms with Crippen molar-refractivity contribution in [1.29, 1.82) is 0 Å². The van der Waals surface area contributed by atoms with E-state index < -0.39 is 29.7 Å². The Morgan fingerprint density at radius 2 is 1.78 bits per heavy atom. The maximum absolute atomic E-state index is 13.1. The van der Waals surface area contributed by atoms with E-state index in [1.165, 1.54) is 6.07 Å². The van der Waals surface area contributed by atoms with Crippen LogP contribution in [0.3, 0.4) is 0 Å². The zero-order valence-corrected chi connectivity index (χ0v) is 17.6. The molecule has 0 bridgehead atoms. The Balaban J connectivity index is 0.00000289. The number of fused-ring (bicyclic) bond motifs is 1. The highest BCUT2D eigenvalue weighted by molar-refractivity contribution is 5.85. The van der Waals surface area contributed by atoms with Gasteiger partial charge in [-0.05, 0) is 59.9 Å². The highest BCUT2D eigenvalue weighted by Gasteiger charge is 2.33. The Morgan fingerprint density at radius 1 is 1.03 bits per heavy atom. The second-order valence-electron chi connectivity index (χ2n) is 7.56. The molecule has 2 atom stereocenters. The molecule has 0 saturated heterocycles. The lowest BCUT2D eigenvalue weighted by Gasteiger charge is -2.28. The van der Waals surface area contributed by atoms with E-state index in [1.807, 2.05) is 6.07 Å². The maximum Gasteiger partial charge on any atom is 0.416 e. The third-order valence-corrected chi connectivity index (χ3v) is 5.51. The molecule has 0 heterocycles. The normalized spacial score (nSPS) is 17.8. The Labute approximate surface area is 189 Å². The van der Waals surface area contributed by atoms with Crippen molar-refractivity contribution in [2.75, 3.05) is 0 Å². The van der Waals surface area contributed by atoms with E-state index in [0.29, 0.717) is 41.0 Å². The van der Waals surface area contributed by atoms with Crippen molar-refractivity contribution in [1.82, 2.24) is 0 Å². The number of carboxylic acid groups (broad SMARTS) is 1. The van der Waals surface area contributed by atoms with Crippen molar-refractivity contribution in [2.45, 2.75) is 31.0 Å². The lowest BCUT2D eigenvalue weighted by molar-refractivity contribution is -0.139. The van der Waals surface area contributed by atoms with Gasteiger partial charge in [-0.25, -0.2) is 0 Å². The van der Waals surface area contributed by atoms with Crippen LogP contribution in [0.25, 0.3) is 11.1 Å². The summed E-state index contributed by atoms with van der Waals surface area (Å²) in [5.41, 5.74) is 7.68. The number of benzene rings is 3. The lowest BCUT2D eigenvalue weighted by atomic mass is 9.79. The third kappa shape index (κ3) is 4.74. The van der Waals surface area contributed by atoms with Crippen molar-refractivity contribution in [2.24, 2.45) is 5.73 Å². The topological polar surface area (TPSA) is 72.5 Å². The van der Waals surface area contributed by atoms with Gasteiger partial charge < -0.3 is 15.6 Å². The first-order valence-corrected chi connectivity index (χ1v) is 9.80. The number of carbonyl (C=O) groups is 1. The second-order valence-corrected chi connectivity index (χ2v) is 7.56. The summed E-state index contributed by atoms with van der Waals surface area (Å²) in [4.78, 5) is 11.7. The summed E-state index contributed by atoms with van der Waals surface area (Å²) in [6.45, 7) is 0. The molecule has 168 valence electrons. The molecule has 4 rings (SSSR count). The van der Waals surface area contributed by atoms with E-state index in [9.17, 15) is 23.1 Å². The standard InChI is InChI=1S/C24H20F3NO3.ClH/c25-24(26,27)16-5-3-4-15(12-16)18-6-1-2-7-21(18)31-17-10-8-14-9-11-20(28)22(23(29)30)19(14)13-17;/h1-8,10,12-13,20,22H,9,11,28H2,(H,29,30);1H. The third-order valence-electron chi connectivity index (χ3n) is 5.51. The minimum atomic E-state index is -4.45. The highest BCUT2D eigenvalue weighted by Crippen LogP contribution is 2.39. The van der Waals surface area contributed by atoms with Gasteiger partial charge >= 0.3 is 12.1 Å². The van der Waals surface area contributed by atoms with Gasteiger partial charge in [0, 0.05) is 11.6 Å². The molecule has 8 heteroatoms. The van der Waals surface area contributed by atoms with Crippen LogP contribution in [0, 0.1) is 0 Å². The monoisotopic (exact) mass is 463 g/mol. The van der Waals surface area contributed by atoms with Crippen molar-refractivity contribution < 1.29 is 27.8 Å². The largest absolute Gasteiger partial charge is 0.481 e. The Hall–Kier alpha value is -3.03. The first-order chi connectivity index (χ1) is 14.7. The molecule has 0 saturated carbocycles. The molecule has 3 aromatic carbocycles. The fourth-order valence-electron chi connectivity index (χ4n) is 3.97. The molecule has 0 radical (unpaired) electrons. The number of hydrogen-bond donors (Lipinski definition) is 2. The van der Waals surface area contributed by atoms with E-state index in [0.717, 1.165) is 17.7 Å². The number of aryl methyl sites for hydroxylation is 1. The molecule has 0 fully saturated rings. The molecule has 1 aliphatic rings. The maximum atomic E-state index is 13.1. The molecule has 0 spiro atoms. The van der Waals surface area contributed by atoms with Crippen molar-refractivity contribution in [3.05, 3.63) is 83.4 Å². The van der Waals surface area contributed by atoms with Crippen LogP contribution in [0.2, 0.25) is 0 Å². The number of rotatable bonds is 4. The Kier molecular flexibility index (Phi) is 6.81. The summed E-state index contributed by atoms with van der Waals surface area (Å²) in [6.07, 6.45) is -3.18. The number of nitrogens with two attached hydrogens (primary N) is 1. The van der Waals surface area contributed by atoms with Gasteiger partial charge in [-0.15, -0.1) is 12.4 Å². The zero-order valence-electron chi connectivity index (χ0n) is 16.8. The van der Waals surface area contributed by atoms with Gasteiger partial charge in [0.1, 0.15) is 11.5 Å². The van der Waals surface area contributed by atoms with Gasteiger partial charge in [0.05, 0.1) is 11.5 Å². The molecule has 0 aromatic heterocycles. The van der Waals surface area contributed by atoms with E-state index in [4.69, 9.17) is 10.5 Å². The van der Waals surface area contributed by atoms with Gasteiger partial charge in [-0.1, -0.05) is 36.4 Å². The molecule has 32 heavy (non-hydrogen) atoms. The average Bonchev–Trinajstić information content (AvgIpc) is 2.73. The quantitative estimate of drug-likeness (QED) is 0.495. The SMILES string of the molecule is Cl.NC1CCc2ccc(Oc3ccccc3-c3cccc(C(F)(F)F)c3)cc2C1C(=O)O. The molecule has 1 aliphatic carbocycles. The first kappa shape index (κ1) is 23.6. The van der Waals surface area contributed by atoms with Crippen LogP contribution in [-0.2, 0) is 17.4 Å². The summed E-state index contributed by atoms with van der Waals surface area (Å²) in [5, 5.41) is 9.61. The summed E-state index contributed by atoms with van der Waals surface area (Å²) >= 11 is 0. The number of halogens is 4. The predicted octanol–water partition coefficient (Wildman–Crippen LogP) is 6.03. The fraction of sp³-hybridized carbons (Fsp3) is 0.208. The number of hydrogen-bond acceptors (Lipinski definition) is 3. The van der Waals surface area contributed by atoms with Crippen LogP contribution in [0.5, 0.6) is 11.5 Å². The smallest absolute Gasteiger partial charge is 0.416 e. The van der Waals surface area contributed by atoms with Crippen molar-refractivity contribution >= 4 is 18.4 Å². The van der Waals surface area contributed by atoms with E-state index in [1.54, 1.807) is 42.5 Å². The van der Waals surface area contributed by atoms with E-state index in [-0.39, 0.29) is 12.4 Å². The summed E-state index contributed by atoms with van der Waals surface area (Å²) in [6, 6.07) is 16.5. The minimum absolute atomic E-state index is 0. The first-order valence-electron chi connectivity index (χ1n) is 9.80. The van der Waals surface area contributed by atoms with Gasteiger partial charge in [0.15, 0.2) is 0 Å². The van der Waals surface area contributed by atoms with Gasteiger partial charge in [0.25, 0.3) is 0 Å². The summed E-state index contributed by atoms with van der Waals surface area (Å²) < 4.78 is 45.4. The average molecular weight is 464 g/mol. The number of ether oxygens (including phenoxy) is 1. The van der Waals surface area contributed by atoms with Crippen molar-refractivity contribution in [3.63, 3.8) is 0 Å². The predicted molar refractivity (Wildman–Crippen MR) is 117 cm³/mol. The zero-order chi connectivity index (χ0) is 22.2. The summed E-state index contributed by atoms with van der Waals surface area (Å²) in [5.74, 6) is -1.05. The summed E-state index contributed by atoms with van der Waals surface area (Å²) in [7, 11) is 0. The second kappa shape index (κ2) is 9.22. The van der Waals surface area contributed by atoms with Crippen LogP contribution in [0.4, 0.5) is 13.2 Å². The van der Waals surface area contributed by atoms with E-state index in [2.05, 4.69) is 0 Å². The highest BCUT2D eigenvalue weighted by atomic mass is 35.5. The number of para-hydroxylation sites is 1. The number of alkyl halides is 3. The van der Waals surface area contributed by atoms with Crippen molar-refractivity contribution in [3.8, 4) is 22.6 Å². The van der Waals surface area contributed by atoms with Crippen LogP contribution in [0.1, 0.15) is 29.0 Å². The number of aliphatic carboxylic acids is 1. The van der Waals surface area contributed by atoms with Gasteiger partial charge in [0.2, 0.25) is 0 Å². The molecule has 4 nitrogen and oxygen atoms in total.